The first-order chi connectivity index (χ1) is 9.10. The Morgan fingerprint density at radius 2 is 2.32 bits per heavy atom. The molecular weight excluding hydrogens is 240 g/mol. The van der Waals surface area contributed by atoms with Crippen molar-refractivity contribution in [2.45, 2.75) is 6.54 Å². The van der Waals surface area contributed by atoms with Gasteiger partial charge in [0.1, 0.15) is 5.69 Å². The summed E-state index contributed by atoms with van der Waals surface area (Å²) in [5.74, 6) is -0.136. The Labute approximate surface area is 111 Å². The van der Waals surface area contributed by atoms with Crippen LogP contribution in [0.1, 0.15) is 21.6 Å². The van der Waals surface area contributed by atoms with Crippen molar-refractivity contribution >= 4 is 5.91 Å². The van der Waals surface area contributed by atoms with E-state index in [1.54, 1.807) is 41.2 Å². The van der Waals surface area contributed by atoms with Gasteiger partial charge < -0.3 is 9.47 Å². The van der Waals surface area contributed by atoms with Crippen LogP contribution in [0, 0.1) is 11.3 Å². The summed E-state index contributed by atoms with van der Waals surface area (Å²) in [6, 6.07) is 9.31. The number of carbonyl (C=O) groups is 1. The summed E-state index contributed by atoms with van der Waals surface area (Å²) in [6.45, 7) is 0.449. The van der Waals surface area contributed by atoms with Gasteiger partial charge in [-0.25, -0.2) is 4.98 Å². The summed E-state index contributed by atoms with van der Waals surface area (Å²) >= 11 is 0. The summed E-state index contributed by atoms with van der Waals surface area (Å²) < 4.78 is 1.73. The normalized spacial score (nSPS) is 9.95. The summed E-state index contributed by atoms with van der Waals surface area (Å²) in [7, 11) is 3.54. The minimum Gasteiger partial charge on any atom is -0.340 e. The minimum absolute atomic E-state index is 0.136. The second-order valence-electron chi connectivity index (χ2n) is 4.40. The molecule has 96 valence electrons. The fourth-order valence-corrected chi connectivity index (χ4v) is 1.80. The average Bonchev–Trinajstić information content (AvgIpc) is 2.84. The maximum atomic E-state index is 12.1. The van der Waals surface area contributed by atoms with E-state index in [0.29, 0.717) is 17.8 Å². The van der Waals surface area contributed by atoms with Gasteiger partial charge >= 0.3 is 0 Å². The molecule has 0 fully saturated rings. The second-order valence-corrected chi connectivity index (χ2v) is 4.40. The molecule has 0 unspecified atom stereocenters. The summed E-state index contributed by atoms with van der Waals surface area (Å²) in [4.78, 5) is 17.7. The molecule has 0 spiro atoms. The molecule has 0 aliphatic rings. The highest BCUT2D eigenvalue weighted by Crippen LogP contribution is 2.09. The zero-order valence-corrected chi connectivity index (χ0v) is 10.9. The van der Waals surface area contributed by atoms with Gasteiger partial charge in [0.15, 0.2) is 0 Å². The first-order valence-corrected chi connectivity index (χ1v) is 5.82. The third-order valence-corrected chi connectivity index (χ3v) is 2.75. The molecule has 0 saturated heterocycles. The number of hydrogen-bond acceptors (Lipinski definition) is 3. The lowest BCUT2D eigenvalue weighted by molar-refractivity contribution is 0.0779. The highest BCUT2D eigenvalue weighted by molar-refractivity contribution is 5.91. The molecule has 0 saturated carbocycles. The number of hydrogen-bond donors (Lipinski definition) is 0. The van der Waals surface area contributed by atoms with Gasteiger partial charge in [-0.3, -0.25) is 4.79 Å². The van der Waals surface area contributed by atoms with Crippen LogP contribution in [0.4, 0.5) is 0 Å². The molecule has 0 atom stereocenters. The average molecular weight is 254 g/mol. The lowest BCUT2D eigenvalue weighted by atomic mass is 10.1. The number of aryl methyl sites for hydroxylation is 1. The van der Waals surface area contributed by atoms with Gasteiger partial charge in [-0.05, 0) is 17.7 Å². The van der Waals surface area contributed by atoms with Crippen molar-refractivity contribution < 1.29 is 4.79 Å². The summed E-state index contributed by atoms with van der Waals surface area (Å²) in [5.41, 5.74) is 1.93. The molecule has 1 heterocycles. The van der Waals surface area contributed by atoms with Crippen LogP contribution in [0.5, 0.6) is 0 Å². The van der Waals surface area contributed by atoms with Crippen molar-refractivity contribution in [2.75, 3.05) is 7.05 Å². The van der Waals surface area contributed by atoms with E-state index in [2.05, 4.69) is 11.1 Å². The van der Waals surface area contributed by atoms with Gasteiger partial charge in [0.05, 0.1) is 18.0 Å². The fraction of sp³-hybridized carbons (Fsp3) is 0.214. The van der Waals surface area contributed by atoms with E-state index in [1.807, 2.05) is 19.2 Å². The second kappa shape index (κ2) is 5.36. The van der Waals surface area contributed by atoms with E-state index >= 15 is 0 Å². The van der Waals surface area contributed by atoms with Crippen molar-refractivity contribution in [3.63, 3.8) is 0 Å². The summed E-state index contributed by atoms with van der Waals surface area (Å²) in [6.07, 6.45) is 3.28. The predicted octanol–water partition coefficient (Wildman–Crippen LogP) is 1.56. The van der Waals surface area contributed by atoms with Crippen LogP contribution < -0.4 is 0 Å². The van der Waals surface area contributed by atoms with Crippen LogP contribution in [0.2, 0.25) is 0 Å². The van der Waals surface area contributed by atoms with E-state index in [1.165, 1.54) is 0 Å². The standard InChI is InChI=1S/C14H14N4O/c1-17-9-13(16-10-17)14(19)18(2)8-12-5-3-4-11(6-12)7-15/h3-6,9-10H,8H2,1-2H3. The molecule has 19 heavy (non-hydrogen) atoms. The Balaban J connectivity index is 2.10. The van der Waals surface area contributed by atoms with Crippen LogP contribution in [0.3, 0.4) is 0 Å². The Kier molecular flexibility index (Phi) is 3.62. The first-order valence-electron chi connectivity index (χ1n) is 5.82. The number of aromatic nitrogens is 2. The maximum absolute atomic E-state index is 12.1. The fourth-order valence-electron chi connectivity index (χ4n) is 1.80. The van der Waals surface area contributed by atoms with Gasteiger partial charge in [-0.15, -0.1) is 0 Å². The number of nitriles is 1. The third-order valence-electron chi connectivity index (χ3n) is 2.75. The molecule has 0 aliphatic heterocycles. The van der Waals surface area contributed by atoms with Crippen molar-refractivity contribution in [3.05, 3.63) is 53.6 Å². The number of carbonyl (C=O) groups excluding carboxylic acids is 1. The zero-order chi connectivity index (χ0) is 13.8. The lowest BCUT2D eigenvalue weighted by Gasteiger charge is -2.16. The van der Waals surface area contributed by atoms with Gasteiger partial charge in [0.2, 0.25) is 0 Å². The van der Waals surface area contributed by atoms with Crippen molar-refractivity contribution in [1.82, 2.24) is 14.5 Å². The molecule has 5 heteroatoms. The minimum atomic E-state index is -0.136. The maximum Gasteiger partial charge on any atom is 0.274 e. The molecule has 2 aromatic rings. The third kappa shape index (κ3) is 2.99. The predicted molar refractivity (Wildman–Crippen MR) is 70.2 cm³/mol. The van der Waals surface area contributed by atoms with E-state index in [-0.39, 0.29) is 5.91 Å². The van der Waals surface area contributed by atoms with Crippen LogP contribution >= 0.6 is 0 Å². The Hall–Kier alpha value is -2.61. The van der Waals surface area contributed by atoms with Crippen LogP contribution in [-0.4, -0.2) is 27.4 Å². The first kappa shape index (κ1) is 12.8. The van der Waals surface area contributed by atoms with Crippen LogP contribution in [0.15, 0.2) is 36.8 Å². The highest BCUT2D eigenvalue weighted by atomic mass is 16.2. The van der Waals surface area contributed by atoms with E-state index in [9.17, 15) is 4.79 Å². The van der Waals surface area contributed by atoms with Gasteiger partial charge in [0, 0.05) is 26.8 Å². The van der Waals surface area contributed by atoms with E-state index in [0.717, 1.165) is 5.56 Å². The molecule has 1 aromatic heterocycles. The van der Waals surface area contributed by atoms with Crippen molar-refractivity contribution in [3.8, 4) is 6.07 Å². The lowest BCUT2D eigenvalue weighted by Crippen LogP contribution is -2.26. The molecule has 0 N–H and O–H groups in total. The smallest absolute Gasteiger partial charge is 0.274 e. The van der Waals surface area contributed by atoms with Crippen LogP contribution in [0.25, 0.3) is 0 Å². The molecule has 1 aromatic carbocycles. The molecule has 0 bridgehead atoms. The van der Waals surface area contributed by atoms with Gasteiger partial charge in [-0.1, -0.05) is 12.1 Å². The van der Waals surface area contributed by atoms with Gasteiger partial charge in [-0.2, -0.15) is 5.26 Å². The van der Waals surface area contributed by atoms with Crippen molar-refractivity contribution in [2.24, 2.45) is 7.05 Å². The number of imidazole rings is 1. The largest absolute Gasteiger partial charge is 0.340 e. The molecule has 1 amide bonds. The highest BCUT2D eigenvalue weighted by Gasteiger charge is 2.14. The SMILES string of the molecule is CN(Cc1cccc(C#N)c1)C(=O)c1cn(C)cn1. The van der Waals surface area contributed by atoms with Gasteiger partial charge in [0.25, 0.3) is 5.91 Å². The Bertz CT molecular complexity index is 639. The number of amides is 1. The molecule has 0 radical (unpaired) electrons. The molecule has 0 aliphatic carbocycles. The quantitative estimate of drug-likeness (QED) is 0.835. The topological polar surface area (TPSA) is 61.9 Å². The van der Waals surface area contributed by atoms with Crippen molar-refractivity contribution in [1.29, 1.82) is 5.26 Å². The monoisotopic (exact) mass is 254 g/mol. The van der Waals surface area contributed by atoms with E-state index in [4.69, 9.17) is 5.26 Å². The number of nitrogens with zero attached hydrogens (tertiary/aromatic N) is 4. The van der Waals surface area contributed by atoms with Crippen LogP contribution in [-0.2, 0) is 13.6 Å². The molecule has 5 nitrogen and oxygen atoms in total. The van der Waals surface area contributed by atoms with E-state index < -0.39 is 0 Å². The number of benzene rings is 1. The Morgan fingerprint density at radius 1 is 1.53 bits per heavy atom. The Morgan fingerprint density at radius 3 is 2.95 bits per heavy atom. The zero-order valence-electron chi connectivity index (χ0n) is 10.9. The summed E-state index contributed by atoms with van der Waals surface area (Å²) in [5, 5.41) is 8.84. The molecule has 2 rings (SSSR count). The number of rotatable bonds is 3. The molecular formula is C14H14N4O.